The fraction of sp³-hybridized carbons (Fsp3) is 0.933. The van der Waals surface area contributed by atoms with Gasteiger partial charge in [-0.25, -0.2) is 0 Å². The Labute approximate surface area is 114 Å². The van der Waals surface area contributed by atoms with Crippen molar-refractivity contribution in [1.29, 1.82) is 5.26 Å². The van der Waals surface area contributed by atoms with E-state index in [0.29, 0.717) is 6.04 Å². The molecule has 0 amide bonds. The van der Waals surface area contributed by atoms with Crippen molar-refractivity contribution in [1.82, 2.24) is 10.2 Å². The van der Waals surface area contributed by atoms with Crippen molar-refractivity contribution in [2.75, 3.05) is 19.6 Å². The molecule has 0 aliphatic rings. The third-order valence-corrected chi connectivity index (χ3v) is 3.81. The minimum atomic E-state index is -0.345. The minimum Gasteiger partial charge on any atom is -0.301 e. The van der Waals surface area contributed by atoms with Gasteiger partial charge < -0.3 is 4.90 Å². The van der Waals surface area contributed by atoms with Crippen LogP contribution in [0.15, 0.2) is 0 Å². The van der Waals surface area contributed by atoms with Gasteiger partial charge in [-0.3, -0.25) is 5.32 Å². The average molecular weight is 253 g/mol. The number of nitrogens with one attached hydrogen (secondary N) is 1. The topological polar surface area (TPSA) is 39.1 Å². The molecule has 3 nitrogen and oxygen atoms in total. The fourth-order valence-corrected chi connectivity index (χ4v) is 2.32. The molecule has 2 unspecified atom stereocenters. The van der Waals surface area contributed by atoms with Crippen LogP contribution in [0.1, 0.15) is 60.3 Å². The lowest BCUT2D eigenvalue weighted by Crippen LogP contribution is -2.41. The van der Waals surface area contributed by atoms with E-state index in [9.17, 15) is 5.26 Å². The Morgan fingerprint density at radius 1 is 1.28 bits per heavy atom. The summed E-state index contributed by atoms with van der Waals surface area (Å²) in [6, 6.07) is 3.06. The molecular weight excluding hydrogens is 222 g/mol. The van der Waals surface area contributed by atoms with Gasteiger partial charge in [0.25, 0.3) is 0 Å². The first-order valence-electron chi connectivity index (χ1n) is 7.43. The predicted molar refractivity (Wildman–Crippen MR) is 78.5 cm³/mol. The van der Waals surface area contributed by atoms with Crippen molar-refractivity contribution < 1.29 is 0 Å². The van der Waals surface area contributed by atoms with Crippen LogP contribution in [0.2, 0.25) is 0 Å². The maximum atomic E-state index is 9.17. The van der Waals surface area contributed by atoms with E-state index in [1.54, 1.807) is 0 Å². The van der Waals surface area contributed by atoms with Crippen molar-refractivity contribution >= 4 is 0 Å². The molecule has 0 heterocycles. The molecule has 0 aromatic heterocycles. The summed E-state index contributed by atoms with van der Waals surface area (Å²) in [4.78, 5) is 2.52. The molecule has 0 spiro atoms. The number of rotatable bonds is 10. The van der Waals surface area contributed by atoms with E-state index in [1.807, 2.05) is 6.92 Å². The maximum absolute atomic E-state index is 9.17. The van der Waals surface area contributed by atoms with Gasteiger partial charge in [0, 0.05) is 6.04 Å². The van der Waals surface area contributed by atoms with Crippen molar-refractivity contribution in [3.63, 3.8) is 0 Å². The zero-order chi connectivity index (χ0) is 14.0. The molecule has 0 aromatic carbocycles. The molecule has 0 fully saturated rings. The highest BCUT2D eigenvalue weighted by atomic mass is 15.1. The van der Waals surface area contributed by atoms with Crippen LogP contribution in [0.25, 0.3) is 0 Å². The van der Waals surface area contributed by atoms with Crippen LogP contribution >= 0.6 is 0 Å². The van der Waals surface area contributed by atoms with E-state index < -0.39 is 0 Å². The van der Waals surface area contributed by atoms with Crippen molar-refractivity contribution in [2.24, 2.45) is 0 Å². The highest BCUT2D eigenvalue weighted by molar-refractivity contribution is 5.03. The third-order valence-electron chi connectivity index (χ3n) is 3.81. The summed E-state index contributed by atoms with van der Waals surface area (Å²) in [7, 11) is 0. The van der Waals surface area contributed by atoms with Crippen molar-refractivity contribution in [3.05, 3.63) is 0 Å². The van der Waals surface area contributed by atoms with Crippen LogP contribution < -0.4 is 5.32 Å². The van der Waals surface area contributed by atoms with Gasteiger partial charge in [0.15, 0.2) is 0 Å². The number of hydrogen-bond acceptors (Lipinski definition) is 3. The molecule has 0 aliphatic carbocycles. The largest absolute Gasteiger partial charge is 0.301 e. The van der Waals surface area contributed by atoms with Crippen LogP contribution in [0.3, 0.4) is 0 Å². The van der Waals surface area contributed by atoms with Gasteiger partial charge in [0.2, 0.25) is 0 Å². The molecule has 0 aliphatic heterocycles. The zero-order valence-corrected chi connectivity index (χ0v) is 12.9. The first-order chi connectivity index (χ1) is 8.52. The van der Waals surface area contributed by atoms with Gasteiger partial charge in [0.05, 0.1) is 6.07 Å². The Kier molecular flexibility index (Phi) is 9.05. The Morgan fingerprint density at radius 2 is 1.94 bits per heavy atom. The molecule has 0 rings (SSSR count). The predicted octanol–water partition coefficient (Wildman–Crippen LogP) is 3.17. The molecule has 106 valence electrons. The van der Waals surface area contributed by atoms with Gasteiger partial charge in [-0.05, 0) is 59.2 Å². The first-order valence-corrected chi connectivity index (χ1v) is 7.43. The standard InChI is InChI=1S/C15H31N3/c1-6-14(4)18(8-3)12-10-9-11-15(5,13-16)17-7-2/h14,17H,6-12H2,1-5H3. The molecular formula is C15H31N3. The molecule has 0 radical (unpaired) electrons. The summed E-state index contributed by atoms with van der Waals surface area (Å²) < 4.78 is 0. The lowest BCUT2D eigenvalue weighted by molar-refractivity contribution is 0.208. The average Bonchev–Trinajstić information content (AvgIpc) is 2.38. The minimum absolute atomic E-state index is 0.345. The monoisotopic (exact) mass is 253 g/mol. The second kappa shape index (κ2) is 9.35. The van der Waals surface area contributed by atoms with Crippen LogP contribution in [-0.2, 0) is 0 Å². The summed E-state index contributed by atoms with van der Waals surface area (Å²) >= 11 is 0. The highest BCUT2D eigenvalue weighted by Gasteiger charge is 2.21. The zero-order valence-electron chi connectivity index (χ0n) is 12.9. The number of nitrogens with zero attached hydrogens (tertiary/aromatic N) is 2. The molecule has 0 bridgehead atoms. The number of nitriles is 1. The lowest BCUT2D eigenvalue weighted by atomic mass is 9.96. The van der Waals surface area contributed by atoms with E-state index in [4.69, 9.17) is 0 Å². The molecule has 1 N–H and O–H groups in total. The van der Waals surface area contributed by atoms with Crippen molar-refractivity contribution in [2.45, 2.75) is 71.9 Å². The van der Waals surface area contributed by atoms with Crippen LogP contribution in [0, 0.1) is 11.3 Å². The Hall–Kier alpha value is -0.590. The Bertz CT molecular complexity index is 247. The first kappa shape index (κ1) is 17.4. The van der Waals surface area contributed by atoms with E-state index in [1.165, 1.54) is 12.8 Å². The molecule has 18 heavy (non-hydrogen) atoms. The van der Waals surface area contributed by atoms with Gasteiger partial charge in [-0.2, -0.15) is 5.26 Å². The normalized spacial score (nSPS) is 16.3. The third kappa shape index (κ3) is 6.37. The lowest BCUT2D eigenvalue weighted by Gasteiger charge is -2.27. The quantitative estimate of drug-likeness (QED) is 0.608. The van der Waals surface area contributed by atoms with Gasteiger partial charge in [-0.15, -0.1) is 0 Å². The van der Waals surface area contributed by atoms with Crippen LogP contribution in [-0.4, -0.2) is 36.1 Å². The Morgan fingerprint density at radius 3 is 2.39 bits per heavy atom. The second-order valence-corrected chi connectivity index (χ2v) is 5.32. The fourth-order valence-electron chi connectivity index (χ4n) is 2.32. The summed E-state index contributed by atoms with van der Waals surface area (Å²) in [5.74, 6) is 0. The molecule has 2 atom stereocenters. The molecule has 0 saturated carbocycles. The van der Waals surface area contributed by atoms with Gasteiger partial charge in [-0.1, -0.05) is 20.8 Å². The summed E-state index contributed by atoms with van der Waals surface area (Å²) in [5.41, 5.74) is -0.345. The number of hydrogen-bond donors (Lipinski definition) is 1. The van der Waals surface area contributed by atoms with E-state index in [-0.39, 0.29) is 5.54 Å². The van der Waals surface area contributed by atoms with Crippen LogP contribution in [0.4, 0.5) is 0 Å². The van der Waals surface area contributed by atoms with E-state index in [0.717, 1.165) is 32.5 Å². The smallest absolute Gasteiger partial charge is 0.103 e. The van der Waals surface area contributed by atoms with Crippen LogP contribution in [0.5, 0.6) is 0 Å². The molecule has 0 saturated heterocycles. The molecule has 3 heteroatoms. The maximum Gasteiger partial charge on any atom is 0.103 e. The van der Waals surface area contributed by atoms with Crippen molar-refractivity contribution in [3.8, 4) is 6.07 Å². The summed E-state index contributed by atoms with van der Waals surface area (Å²) in [6.45, 7) is 14.0. The van der Waals surface area contributed by atoms with Gasteiger partial charge >= 0.3 is 0 Å². The second-order valence-electron chi connectivity index (χ2n) is 5.32. The highest BCUT2D eigenvalue weighted by Crippen LogP contribution is 2.14. The molecule has 0 aromatic rings. The van der Waals surface area contributed by atoms with E-state index >= 15 is 0 Å². The summed E-state index contributed by atoms with van der Waals surface area (Å²) in [6.07, 6.45) is 4.45. The Balaban J connectivity index is 3.94. The van der Waals surface area contributed by atoms with Gasteiger partial charge in [0.1, 0.15) is 5.54 Å². The van der Waals surface area contributed by atoms with E-state index in [2.05, 4.69) is 44.0 Å². The summed E-state index contributed by atoms with van der Waals surface area (Å²) in [5, 5.41) is 12.4. The number of unbranched alkanes of at least 4 members (excludes halogenated alkanes) is 1. The SMILES string of the molecule is CCNC(C)(C#N)CCCCN(CC)C(C)CC.